The third-order valence-electron chi connectivity index (χ3n) is 3.14. The Morgan fingerprint density at radius 3 is 2.42 bits per heavy atom. The van der Waals surface area contributed by atoms with Gasteiger partial charge >= 0.3 is 0 Å². The summed E-state index contributed by atoms with van der Waals surface area (Å²) >= 11 is 0. The van der Waals surface area contributed by atoms with E-state index < -0.39 is 0 Å². The van der Waals surface area contributed by atoms with Crippen LogP contribution in [0.15, 0.2) is 29.8 Å². The summed E-state index contributed by atoms with van der Waals surface area (Å²) in [6, 6.07) is 10.8. The summed E-state index contributed by atoms with van der Waals surface area (Å²) in [5.41, 5.74) is 0.845. The molecule has 0 heterocycles. The van der Waals surface area contributed by atoms with Crippen LogP contribution in [0.5, 0.6) is 5.75 Å². The molecule has 1 saturated carbocycles. The van der Waals surface area contributed by atoms with Crippen molar-refractivity contribution in [1.29, 1.82) is 10.5 Å². The van der Waals surface area contributed by atoms with E-state index in [2.05, 4.69) is 0 Å². The molecule has 96 valence electrons. The second kappa shape index (κ2) is 6.04. The average Bonchev–Trinajstić information content (AvgIpc) is 2.83. The van der Waals surface area contributed by atoms with Gasteiger partial charge in [0.15, 0.2) is 0 Å². The molecule has 0 amide bonds. The van der Waals surface area contributed by atoms with Gasteiger partial charge in [-0.1, -0.05) is 12.1 Å². The molecule has 0 spiro atoms. The predicted octanol–water partition coefficient (Wildman–Crippen LogP) is 2.41. The molecule has 0 radical (unpaired) electrons. The fourth-order valence-electron chi connectivity index (χ4n) is 2.12. The van der Waals surface area contributed by atoms with Gasteiger partial charge in [-0.15, -0.1) is 0 Å². The summed E-state index contributed by atoms with van der Waals surface area (Å²) in [6.45, 7) is 0. The zero-order valence-electron chi connectivity index (χ0n) is 10.4. The van der Waals surface area contributed by atoms with Crippen LogP contribution in [0, 0.1) is 22.7 Å². The van der Waals surface area contributed by atoms with Crippen LogP contribution in [0.1, 0.15) is 24.8 Å². The Balaban J connectivity index is 2.05. The summed E-state index contributed by atoms with van der Waals surface area (Å²) in [5.74, 6) is 0.693. The Kier molecular flexibility index (Phi) is 4.18. The minimum absolute atomic E-state index is 0.0693. The van der Waals surface area contributed by atoms with Crippen LogP contribution in [0.2, 0.25) is 0 Å². The van der Waals surface area contributed by atoms with E-state index in [1.54, 1.807) is 24.3 Å². The maximum atomic E-state index is 9.68. The van der Waals surface area contributed by atoms with Crippen molar-refractivity contribution in [2.75, 3.05) is 0 Å². The number of allylic oxidation sites excluding steroid dienone is 1. The van der Waals surface area contributed by atoms with Crippen LogP contribution < -0.4 is 4.74 Å². The third kappa shape index (κ3) is 3.34. The van der Waals surface area contributed by atoms with E-state index in [1.165, 1.54) is 6.08 Å². The molecule has 0 saturated heterocycles. The number of nitrogens with zero attached hydrogens (tertiary/aromatic N) is 2. The second-order valence-electron chi connectivity index (χ2n) is 4.51. The molecule has 2 atom stereocenters. The van der Waals surface area contributed by atoms with Gasteiger partial charge in [0, 0.05) is 0 Å². The zero-order valence-corrected chi connectivity index (χ0v) is 10.4. The van der Waals surface area contributed by atoms with Gasteiger partial charge in [-0.2, -0.15) is 10.5 Å². The molecule has 4 nitrogen and oxygen atoms in total. The fourth-order valence-corrected chi connectivity index (χ4v) is 2.12. The lowest BCUT2D eigenvalue weighted by Gasteiger charge is -2.17. The van der Waals surface area contributed by atoms with Gasteiger partial charge < -0.3 is 9.84 Å². The molecule has 1 N–H and O–H groups in total. The van der Waals surface area contributed by atoms with Crippen molar-refractivity contribution in [1.82, 2.24) is 0 Å². The lowest BCUT2D eigenvalue weighted by molar-refractivity contribution is 0.0604. The Bertz CT molecular complexity index is 533. The summed E-state index contributed by atoms with van der Waals surface area (Å²) < 4.78 is 5.70. The highest BCUT2D eigenvalue weighted by Crippen LogP contribution is 2.25. The minimum Gasteiger partial charge on any atom is -0.488 e. The monoisotopic (exact) mass is 254 g/mol. The Hall–Kier alpha value is -2.30. The van der Waals surface area contributed by atoms with Gasteiger partial charge in [-0.25, -0.2) is 0 Å². The van der Waals surface area contributed by atoms with Crippen molar-refractivity contribution < 1.29 is 9.84 Å². The highest BCUT2D eigenvalue weighted by atomic mass is 16.5. The van der Waals surface area contributed by atoms with E-state index in [-0.39, 0.29) is 17.8 Å². The number of hydrogen-bond donors (Lipinski definition) is 1. The van der Waals surface area contributed by atoms with Crippen LogP contribution in [-0.4, -0.2) is 17.3 Å². The summed E-state index contributed by atoms with van der Waals surface area (Å²) in [4.78, 5) is 0. The molecule has 1 aliphatic rings. The molecule has 1 aromatic rings. The van der Waals surface area contributed by atoms with Gasteiger partial charge in [0.05, 0.1) is 6.10 Å². The van der Waals surface area contributed by atoms with E-state index in [9.17, 15) is 5.11 Å². The first-order valence-corrected chi connectivity index (χ1v) is 6.19. The van der Waals surface area contributed by atoms with Crippen molar-refractivity contribution in [2.24, 2.45) is 0 Å². The third-order valence-corrected chi connectivity index (χ3v) is 3.14. The SMILES string of the molecule is N#CC(C#N)=Cc1ccc(OC2CCCC2O)cc1. The van der Waals surface area contributed by atoms with Crippen LogP contribution >= 0.6 is 0 Å². The molecule has 0 aliphatic heterocycles. The first-order valence-electron chi connectivity index (χ1n) is 6.19. The van der Waals surface area contributed by atoms with E-state index in [0.717, 1.165) is 24.8 Å². The highest BCUT2D eigenvalue weighted by Gasteiger charge is 2.26. The number of rotatable bonds is 3. The first kappa shape index (κ1) is 13.1. The Morgan fingerprint density at radius 2 is 1.89 bits per heavy atom. The molecule has 1 fully saturated rings. The van der Waals surface area contributed by atoms with E-state index in [4.69, 9.17) is 15.3 Å². The smallest absolute Gasteiger partial charge is 0.130 e. The number of aliphatic hydroxyl groups excluding tert-OH is 1. The van der Waals surface area contributed by atoms with Crippen LogP contribution in [0.3, 0.4) is 0 Å². The van der Waals surface area contributed by atoms with Crippen molar-refractivity contribution in [2.45, 2.75) is 31.5 Å². The predicted molar refractivity (Wildman–Crippen MR) is 69.9 cm³/mol. The van der Waals surface area contributed by atoms with Gasteiger partial charge in [0.25, 0.3) is 0 Å². The van der Waals surface area contributed by atoms with Gasteiger partial charge in [0.2, 0.25) is 0 Å². The number of hydrogen-bond acceptors (Lipinski definition) is 4. The van der Waals surface area contributed by atoms with Crippen LogP contribution in [-0.2, 0) is 0 Å². The van der Waals surface area contributed by atoms with E-state index >= 15 is 0 Å². The lowest BCUT2D eigenvalue weighted by atomic mass is 10.1. The molecule has 0 aromatic heterocycles. The molecule has 4 heteroatoms. The topological polar surface area (TPSA) is 77.0 Å². The molecule has 2 rings (SSSR count). The molecule has 2 unspecified atom stereocenters. The molecular weight excluding hydrogens is 240 g/mol. The standard InChI is InChI=1S/C15H14N2O2/c16-9-12(10-17)8-11-4-6-13(7-5-11)19-15-3-1-2-14(15)18/h4-8,14-15,18H,1-3H2. The lowest BCUT2D eigenvalue weighted by Crippen LogP contribution is -2.25. The van der Waals surface area contributed by atoms with E-state index in [1.807, 2.05) is 12.1 Å². The quantitative estimate of drug-likeness (QED) is 0.840. The normalized spacial score (nSPS) is 21.2. The first-order chi connectivity index (χ1) is 9.22. The zero-order chi connectivity index (χ0) is 13.7. The number of aliphatic hydroxyl groups is 1. The highest BCUT2D eigenvalue weighted by molar-refractivity contribution is 5.62. The maximum absolute atomic E-state index is 9.68. The molecular formula is C15H14N2O2. The summed E-state index contributed by atoms with van der Waals surface area (Å²) in [7, 11) is 0. The summed E-state index contributed by atoms with van der Waals surface area (Å²) in [6.07, 6.45) is 3.65. The number of benzene rings is 1. The Morgan fingerprint density at radius 1 is 1.21 bits per heavy atom. The minimum atomic E-state index is -0.386. The average molecular weight is 254 g/mol. The number of ether oxygens (including phenoxy) is 1. The Labute approximate surface area is 112 Å². The van der Waals surface area contributed by atoms with Crippen LogP contribution in [0.4, 0.5) is 0 Å². The van der Waals surface area contributed by atoms with Gasteiger partial charge in [0.1, 0.15) is 29.6 Å². The fraction of sp³-hybridized carbons (Fsp3) is 0.333. The maximum Gasteiger partial charge on any atom is 0.130 e. The summed E-state index contributed by atoms with van der Waals surface area (Å²) in [5, 5.41) is 27.0. The van der Waals surface area contributed by atoms with Crippen molar-refractivity contribution >= 4 is 6.08 Å². The second-order valence-corrected chi connectivity index (χ2v) is 4.51. The molecule has 19 heavy (non-hydrogen) atoms. The van der Waals surface area contributed by atoms with Gasteiger partial charge in [-0.05, 0) is 43.0 Å². The van der Waals surface area contributed by atoms with Crippen molar-refractivity contribution in [3.8, 4) is 17.9 Å². The van der Waals surface area contributed by atoms with Crippen molar-refractivity contribution in [3.05, 3.63) is 35.4 Å². The molecule has 1 aromatic carbocycles. The van der Waals surface area contributed by atoms with Crippen molar-refractivity contribution in [3.63, 3.8) is 0 Å². The largest absolute Gasteiger partial charge is 0.488 e. The van der Waals surface area contributed by atoms with Crippen LogP contribution in [0.25, 0.3) is 6.08 Å². The number of nitriles is 2. The molecule has 1 aliphatic carbocycles. The van der Waals surface area contributed by atoms with E-state index in [0.29, 0.717) is 5.75 Å². The molecule has 0 bridgehead atoms. The van der Waals surface area contributed by atoms with Gasteiger partial charge in [-0.3, -0.25) is 0 Å².